The van der Waals surface area contributed by atoms with E-state index in [0.29, 0.717) is 24.1 Å². The third kappa shape index (κ3) is 3.38. The zero-order chi connectivity index (χ0) is 20.6. The van der Waals surface area contributed by atoms with Crippen molar-refractivity contribution < 1.29 is 19.8 Å². The van der Waals surface area contributed by atoms with E-state index in [1.807, 2.05) is 32.9 Å². The van der Waals surface area contributed by atoms with Crippen LogP contribution in [0.1, 0.15) is 41.6 Å². The lowest BCUT2D eigenvalue weighted by atomic mass is 9.93. The predicted molar refractivity (Wildman–Crippen MR) is 108 cm³/mol. The number of benzene rings is 2. The Kier molecular flexibility index (Phi) is 5.47. The van der Waals surface area contributed by atoms with Crippen molar-refractivity contribution in [3.8, 4) is 5.75 Å². The lowest BCUT2D eigenvalue weighted by Gasteiger charge is -2.25. The molecule has 0 bridgehead atoms. The number of phenolic OH excluding ortho intramolecular Hbond substituents is 1. The lowest BCUT2D eigenvalue weighted by molar-refractivity contribution is -0.139. The van der Waals surface area contributed by atoms with Gasteiger partial charge in [0.2, 0.25) is 0 Å². The predicted octanol–water partition coefficient (Wildman–Crippen LogP) is 4.49. The maximum absolute atomic E-state index is 12.8. The summed E-state index contributed by atoms with van der Waals surface area (Å²) in [6, 6.07) is 9.35. The minimum atomic E-state index is -0.766. The van der Waals surface area contributed by atoms with Crippen LogP contribution in [0.3, 0.4) is 0 Å². The summed E-state index contributed by atoms with van der Waals surface area (Å²) in [7, 11) is 0. The molecule has 2 aromatic carbocycles. The molecule has 1 aliphatic heterocycles. The van der Waals surface area contributed by atoms with Crippen molar-refractivity contribution in [2.45, 2.75) is 33.2 Å². The van der Waals surface area contributed by atoms with E-state index in [-0.39, 0.29) is 22.1 Å². The Morgan fingerprint density at radius 1 is 1.14 bits per heavy atom. The second kappa shape index (κ2) is 7.68. The summed E-state index contributed by atoms with van der Waals surface area (Å²) in [5.41, 5.74) is 2.84. The smallest absolute Gasteiger partial charge is 0.295 e. The average Bonchev–Trinajstić information content (AvgIpc) is 2.91. The van der Waals surface area contributed by atoms with Gasteiger partial charge in [-0.2, -0.15) is 0 Å². The number of aliphatic hydroxyl groups excluding tert-OH is 1. The SMILES string of the molecule is CCCN1C(=O)C(=O)/C(=C(/O)c2cc(C)ccc2C)C1c1ccc(O)c(Cl)c1. The average molecular weight is 400 g/mol. The molecular formula is C22H22ClNO4. The molecule has 2 aromatic rings. The van der Waals surface area contributed by atoms with E-state index < -0.39 is 17.7 Å². The molecule has 1 fully saturated rings. The highest BCUT2D eigenvalue weighted by molar-refractivity contribution is 6.46. The molecule has 0 aromatic heterocycles. The highest BCUT2D eigenvalue weighted by Crippen LogP contribution is 2.41. The molecule has 1 aliphatic rings. The van der Waals surface area contributed by atoms with Gasteiger partial charge >= 0.3 is 0 Å². The Balaban J connectivity index is 2.26. The topological polar surface area (TPSA) is 77.8 Å². The Bertz CT molecular complexity index is 996. The van der Waals surface area contributed by atoms with E-state index in [2.05, 4.69) is 0 Å². The summed E-state index contributed by atoms with van der Waals surface area (Å²) in [4.78, 5) is 27.0. The van der Waals surface area contributed by atoms with Gasteiger partial charge in [-0.3, -0.25) is 9.59 Å². The van der Waals surface area contributed by atoms with Crippen molar-refractivity contribution >= 4 is 29.1 Å². The number of hydrogen-bond acceptors (Lipinski definition) is 4. The number of aliphatic hydroxyl groups is 1. The zero-order valence-electron chi connectivity index (χ0n) is 16.0. The van der Waals surface area contributed by atoms with Crippen LogP contribution in [0.4, 0.5) is 0 Å². The first-order valence-corrected chi connectivity index (χ1v) is 9.48. The van der Waals surface area contributed by atoms with E-state index in [1.54, 1.807) is 12.1 Å². The minimum absolute atomic E-state index is 0.0360. The number of amides is 1. The van der Waals surface area contributed by atoms with E-state index in [1.165, 1.54) is 17.0 Å². The monoisotopic (exact) mass is 399 g/mol. The molecule has 0 spiro atoms. The van der Waals surface area contributed by atoms with Crippen LogP contribution in [-0.2, 0) is 9.59 Å². The van der Waals surface area contributed by atoms with Crippen LogP contribution in [0.25, 0.3) is 5.76 Å². The number of nitrogens with zero attached hydrogens (tertiary/aromatic N) is 1. The molecule has 0 aliphatic carbocycles. The van der Waals surface area contributed by atoms with Crippen molar-refractivity contribution in [2.24, 2.45) is 0 Å². The van der Waals surface area contributed by atoms with Crippen molar-refractivity contribution in [3.63, 3.8) is 0 Å². The molecule has 5 nitrogen and oxygen atoms in total. The van der Waals surface area contributed by atoms with Crippen LogP contribution in [-0.4, -0.2) is 33.3 Å². The number of halogens is 1. The highest BCUT2D eigenvalue weighted by Gasteiger charge is 2.45. The summed E-state index contributed by atoms with van der Waals surface area (Å²) in [6.07, 6.45) is 0.652. The maximum atomic E-state index is 12.8. The lowest BCUT2D eigenvalue weighted by Crippen LogP contribution is -2.30. The van der Waals surface area contributed by atoms with Gasteiger partial charge in [-0.05, 0) is 49.6 Å². The summed E-state index contributed by atoms with van der Waals surface area (Å²) in [5, 5.41) is 20.9. The number of carbonyl (C=O) groups excluding carboxylic acids is 2. The first-order valence-electron chi connectivity index (χ1n) is 9.10. The molecule has 1 amide bonds. The number of aromatic hydroxyl groups is 1. The molecule has 28 heavy (non-hydrogen) atoms. The molecule has 0 radical (unpaired) electrons. The summed E-state index contributed by atoms with van der Waals surface area (Å²) < 4.78 is 0. The van der Waals surface area contributed by atoms with Crippen molar-refractivity contribution in [3.05, 3.63) is 69.2 Å². The van der Waals surface area contributed by atoms with Gasteiger partial charge in [0.05, 0.1) is 16.6 Å². The third-order valence-corrected chi connectivity index (χ3v) is 5.24. The number of likely N-dealkylation sites (tertiary alicyclic amines) is 1. The van der Waals surface area contributed by atoms with Gasteiger partial charge in [0, 0.05) is 12.1 Å². The van der Waals surface area contributed by atoms with E-state index in [9.17, 15) is 19.8 Å². The van der Waals surface area contributed by atoms with Crippen molar-refractivity contribution in [1.29, 1.82) is 0 Å². The fraction of sp³-hybridized carbons (Fsp3) is 0.273. The van der Waals surface area contributed by atoms with Gasteiger partial charge in [0.25, 0.3) is 11.7 Å². The van der Waals surface area contributed by atoms with Crippen LogP contribution < -0.4 is 0 Å². The van der Waals surface area contributed by atoms with Gasteiger partial charge in [-0.15, -0.1) is 0 Å². The van der Waals surface area contributed by atoms with Crippen molar-refractivity contribution in [2.75, 3.05) is 6.54 Å². The third-order valence-electron chi connectivity index (χ3n) is 4.94. The molecule has 1 saturated heterocycles. The second-order valence-corrected chi connectivity index (χ2v) is 7.43. The number of Topliss-reactive ketones (excluding diaryl/α,β-unsaturated/α-hetero) is 1. The number of ketones is 1. The first kappa shape index (κ1) is 20.0. The van der Waals surface area contributed by atoms with Crippen LogP contribution in [0, 0.1) is 13.8 Å². The van der Waals surface area contributed by atoms with Crippen LogP contribution in [0.5, 0.6) is 5.75 Å². The molecule has 2 N–H and O–H groups in total. The Hall–Kier alpha value is -2.79. The Morgan fingerprint density at radius 3 is 2.50 bits per heavy atom. The number of carbonyl (C=O) groups is 2. The van der Waals surface area contributed by atoms with Crippen molar-refractivity contribution in [1.82, 2.24) is 4.90 Å². The number of hydrogen-bond donors (Lipinski definition) is 2. The van der Waals surface area contributed by atoms with Gasteiger partial charge in [-0.1, -0.05) is 42.3 Å². The fourth-order valence-corrected chi connectivity index (χ4v) is 3.72. The van der Waals surface area contributed by atoms with Gasteiger partial charge < -0.3 is 15.1 Å². The quantitative estimate of drug-likeness (QED) is 0.451. The normalized spacial score (nSPS) is 18.7. The molecule has 1 unspecified atom stereocenters. The van der Waals surface area contributed by atoms with Crippen LogP contribution in [0.15, 0.2) is 42.0 Å². The number of phenols is 1. The van der Waals surface area contributed by atoms with Gasteiger partial charge in [-0.25, -0.2) is 0 Å². The minimum Gasteiger partial charge on any atom is -0.507 e. The molecule has 146 valence electrons. The molecular weight excluding hydrogens is 378 g/mol. The maximum Gasteiger partial charge on any atom is 0.295 e. The van der Waals surface area contributed by atoms with E-state index in [4.69, 9.17) is 11.6 Å². The van der Waals surface area contributed by atoms with Gasteiger partial charge in [0.15, 0.2) is 0 Å². The zero-order valence-corrected chi connectivity index (χ0v) is 16.7. The van der Waals surface area contributed by atoms with E-state index in [0.717, 1.165) is 11.1 Å². The molecule has 3 rings (SSSR count). The summed E-state index contributed by atoms with van der Waals surface area (Å²) in [6.45, 7) is 5.99. The van der Waals surface area contributed by atoms with Crippen LogP contribution >= 0.6 is 11.6 Å². The van der Waals surface area contributed by atoms with Gasteiger partial charge in [0.1, 0.15) is 11.5 Å². The second-order valence-electron chi connectivity index (χ2n) is 7.02. The summed E-state index contributed by atoms with van der Waals surface area (Å²) in [5.74, 6) is -1.66. The standard InChI is InChI=1S/C22H22ClNO4/c1-4-9-24-19(14-7-8-17(25)16(23)11-14)18(21(27)22(24)28)20(26)15-10-12(2)5-6-13(15)3/h5-8,10-11,19,25-26H,4,9H2,1-3H3/b20-18+. The number of rotatable bonds is 4. The molecule has 1 atom stereocenters. The molecule has 6 heteroatoms. The fourth-order valence-electron chi connectivity index (χ4n) is 3.53. The number of aryl methyl sites for hydroxylation is 2. The molecule has 1 heterocycles. The highest BCUT2D eigenvalue weighted by atomic mass is 35.5. The Labute approximate surface area is 168 Å². The Morgan fingerprint density at radius 2 is 1.86 bits per heavy atom. The molecule has 0 saturated carbocycles. The van der Waals surface area contributed by atoms with Crippen LogP contribution in [0.2, 0.25) is 5.02 Å². The van der Waals surface area contributed by atoms with E-state index >= 15 is 0 Å². The summed E-state index contributed by atoms with van der Waals surface area (Å²) >= 11 is 6.06. The largest absolute Gasteiger partial charge is 0.507 e. The first-order chi connectivity index (χ1) is 13.3.